The van der Waals surface area contributed by atoms with Gasteiger partial charge in [-0.15, -0.1) is 0 Å². The molecule has 0 aliphatic heterocycles. The maximum Gasteiger partial charge on any atom is 0.419 e. The van der Waals surface area contributed by atoms with Crippen molar-refractivity contribution >= 4 is 23.1 Å². The fourth-order valence-electron chi connectivity index (χ4n) is 2.00. The lowest BCUT2D eigenvalue weighted by Gasteiger charge is -2.17. The molecule has 1 aromatic rings. The van der Waals surface area contributed by atoms with Crippen LogP contribution in [0, 0.1) is 11.7 Å². The second kappa shape index (κ2) is 5.59. The molecule has 0 radical (unpaired) electrons. The maximum atomic E-state index is 13.8. The van der Waals surface area contributed by atoms with Gasteiger partial charge in [0.05, 0.1) is 22.2 Å². The third-order valence-corrected chi connectivity index (χ3v) is 3.49. The molecular formula is C13H12F4N2OS. The molecule has 114 valence electrons. The van der Waals surface area contributed by atoms with Gasteiger partial charge in [-0.1, -0.05) is 18.3 Å². The van der Waals surface area contributed by atoms with E-state index < -0.39 is 35.1 Å². The summed E-state index contributed by atoms with van der Waals surface area (Å²) < 4.78 is 51.7. The predicted octanol–water partition coefficient (Wildman–Crippen LogP) is 2.64. The molecule has 0 saturated heterocycles. The monoisotopic (exact) mass is 320 g/mol. The van der Waals surface area contributed by atoms with E-state index in [1.807, 2.05) is 0 Å². The van der Waals surface area contributed by atoms with E-state index in [2.05, 4.69) is 5.32 Å². The van der Waals surface area contributed by atoms with Crippen LogP contribution < -0.4 is 11.1 Å². The van der Waals surface area contributed by atoms with Gasteiger partial charge in [0.15, 0.2) is 0 Å². The van der Waals surface area contributed by atoms with E-state index in [4.69, 9.17) is 18.0 Å². The number of hydrogen-bond donors (Lipinski definition) is 2. The highest BCUT2D eigenvalue weighted by atomic mass is 32.1. The van der Waals surface area contributed by atoms with Gasteiger partial charge in [-0.25, -0.2) is 4.39 Å². The van der Waals surface area contributed by atoms with Crippen LogP contribution >= 0.6 is 12.2 Å². The second-order valence-electron chi connectivity index (χ2n) is 4.86. The fourth-order valence-corrected chi connectivity index (χ4v) is 2.25. The summed E-state index contributed by atoms with van der Waals surface area (Å²) in [5.41, 5.74) is 3.33. The molecule has 0 aromatic heterocycles. The van der Waals surface area contributed by atoms with E-state index in [1.54, 1.807) is 0 Å². The van der Waals surface area contributed by atoms with E-state index in [0.29, 0.717) is 6.07 Å². The van der Waals surface area contributed by atoms with Gasteiger partial charge in [0.25, 0.3) is 5.91 Å². The van der Waals surface area contributed by atoms with Crippen molar-refractivity contribution in [2.75, 3.05) is 0 Å². The van der Waals surface area contributed by atoms with Gasteiger partial charge < -0.3 is 11.1 Å². The van der Waals surface area contributed by atoms with E-state index in [0.717, 1.165) is 25.0 Å². The second-order valence-corrected chi connectivity index (χ2v) is 5.33. The molecule has 1 fully saturated rings. The van der Waals surface area contributed by atoms with Gasteiger partial charge in [0, 0.05) is 0 Å². The van der Waals surface area contributed by atoms with E-state index in [9.17, 15) is 22.4 Å². The summed E-state index contributed by atoms with van der Waals surface area (Å²) >= 11 is 4.81. The molecule has 21 heavy (non-hydrogen) atoms. The number of thiocarbonyl (C=S) groups is 1. The molecular weight excluding hydrogens is 308 g/mol. The summed E-state index contributed by atoms with van der Waals surface area (Å²) in [6, 6.07) is 1.93. The van der Waals surface area contributed by atoms with Crippen molar-refractivity contribution in [1.82, 2.24) is 5.32 Å². The summed E-state index contributed by atoms with van der Waals surface area (Å²) in [5, 5.41) is 2.40. The number of benzene rings is 1. The van der Waals surface area contributed by atoms with Crippen molar-refractivity contribution in [2.45, 2.75) is 25.1 Å². The Morgan fingerprint density at radius 1 is 1.38 bits per heavy atom. The molecule has 1 amide bonds. The van der Waals surface area contributed by atoms with Crippen LogP contribution in [0.25, 0.3) is 0 Å². The highest BCUT2D eigenvalue weighted by Gasteiger charge is 2.37. The van der Waals surface area contributed by atoms with Crippen molar-refractivity contribution in [3.05, 3.63) is 35.1 Å². The zero-order chi connectivity index (χ0) is 15.8. The number of rotatable bonds is 4. The van der Waals surface area contributed by atoms with E-state index >= 15 is 0 Å². The first kappa shape index (κ1) is 15.7. The number of carbonyl (C=O) groups excluding carboxylic acids is 1. The topological polar surface area (TPSA) is 55.1 Å². The SMILES string of the molecule is NC(=S)C(NC(=O)c1cccc(C(F)(F)F)c1F)C1CC1. The van der Waals surface area contributed by atoms with Crippen LogP contribution in [0.4, 0.5) is 17.6 Å². The van der Waals surface area contributed by atoms with Crippen molar-refractivity contribution in [1.29, 1.82) is 0 Å². The van der Waals surface area contributed by atoms with Crippen molar-refractivity contribution in [3.8, 4) is 0 Å². The molecule has 0 heterocycles. The maximum absolute atomic E-state index is 13.8. The first-order valence-corrected chi connectivity index (χ1v) is 6.58. The Balaban J connectivity index is 2.25. The van der Waals surface area contributed by atoms with Crippen LogP contribution in [0.3, 0.4) is 0 Å². The van der Waals surface area contributed by atoms with Crippen LogP contribution in [-0.4, -0.2) is 16.9 Å². The van der Waals surface area contributed by atoms with Crippen molar-refractivity contribution < 1.29 is 22.4 Å². The zero-order valence-electron chi connectivity index (χ0n) is 10.7. The van der Waals surface area contributed by atoms with Crippen LogP contribution in [0.1, 0.15) is 28.8 Å². The molecule has 3 nitrogen and oxygen atoms in total. The molecule has 8 heteroatoms. The minimum Gasteiger partial charge on any atom is -0.392 e. The van der Waals surface area contributed by atoms with Gasteiger partial charge in [-0.3, -0.25) is 4.79 Å². The Hall–Kier alpha value is -1.70. The zero-order valence-corrected chi connectivity index (χ0v) is 11.5. The summed E-state index contributed by atoms with van der Waals surface area (Å²) in [7, 11) is 0. The molecule has 1 atom stereocenters. The Morgan fingerprint density at radius 2 is 2.00 bits per heavy atom. The van der Waals surface area contributed by atoms with Gasteiger partial charge in [0.1, 0.15) is 5.82 Å². The smallest absolute Gasteiger partial charge is 0.392 e. The van der Waals surface area contributed by atoms with Crippen molar-refractivity contribution in [3.63, 3.8) is 0 Å². The van der Waals surface area contributed by atoms with Gasteiger partial charge in [-0.05, 0) is 30.9 Å². The largest absolute Gasteiger partial charge is 0.419 e. The normalized spacial score (nSPS) is 16.4. The Labute approximate surface area is 123 Å². The highest BCUT2D eigenvalue weighted by molar-refractivity contribution is 7.80. The summed E-state index contributed by atoms with van der Waals surface area (Å²) in [4.78, 5) is 12.0. The number of alkyl halides is 3. The lowest BCUT2D eigenvalue weighted by molar-refractivity contribution is -0.140. The van der Waals surface area contributed by atoms with Crippen LogP contribution in [0.15, 0.2) is 18.2 Å². The quantitative estimate of drug-likeness (QED) is 0.662. The first-order chi connectivity index (χ1) is 9.71. The van der Waals surface area contributed by atoms with E-state index in [-0.39, 0.29) is 10.9 Å². The van der Waals surface area contributed by atoms with Crippen LogP contribution in [0.2, 0.25) is 0 Å². The molecule has 0 bridgehead atoms. The molecule has 1 aliphatic rings. The number of halogens is 4. The Morgan fingerprint density at radius 3 is 2.48 bits per heavy atom. The molecule has 1 aliphatic carbocycles. The van der Waals surface area contributed by atoms with Crippen molar-refractivity contribution in [2.24, 2.45) is 11.7 Å². The van der Waals surface area contributed by atoms with Gasteiger partial charge in [0.2, 0.25) is 0 Å². The number of nitrogens with one attached hydrogen (secondary N) is 1. The Bertz CT molecular complexity index is 584. The minimum absolute atomic E-state index is 0.0400. The van der Waals surface area contributed by atoms with Gasteiger partial charge in [-0.2, -0.15) is 13.2 Å². The molecule has 1 aromatic carbocycles. The number of amides is 1. The lowest BCUT2D eigenvalue weighted by Crippen LogP contribution is -2.45. The van der Waals surface area contributed by atoms with E-state index in [1.165, 1.54) is 0 Å². The molecule has 2 rings (SSSR count). The summed E-state index contributed by atoms with van der Waals surface area (Å²) in [6.45, 7) is 0. The van der Waals surface area contributed by atoms with Crippen LogP contribution in [0.5, 0.6) is 0 Å². The molecule has 0 spiro atoms. The standard InChI is InChI=1S/C13H12F4N2OS/c14-9-7(2-1-3-8(9)13(15,16)17)12(20)19-10(11(18)21)6-4-5-6/h1-3,6,10H,4-5H2,(H2,18,21)(H,19,20). The third kappa shape index (κ3) is 3.49. The molecule has 1 unspecified atom stereocenters. The Kier molecular flexibility index (Phi) is 4.18. The highest BCUT2D eigenvalue weighted by Crippen LogP contribution is 2.34. The summed E-state index contributed by atoms with van der Waals surface area (Å²) in [5.74, 6) is -2.48. The lowest BCUT2D eigenvalue weighted by atomic mass is 10.1. The summed E-state index contributed by atoms with van der Waals surface area (Å²) in [6.07, 6.45) is -3.24. The number of nitrogens with two attached hydrogens (primary N) is 1. The average Bonchev–Trinajstić information content (AvgIpc) is 3.18. The molecule has 3 N–H and O–H groups in total. The first-order valence-electron chi connectivity index (χ1n) is 6.17. The predicted molar refractivity (Wildman–Crippen MR) is 72.2 cm³/mol. The van der Waals surface area contributed by atoms with Gasteiger partial charge >= 0.3 is 6.18 Å². The average molecular weight is 320 g/mol. The minimum atomic E-state index is -4.86. The number of hydrogen-bond acceptors (Lipinski definition) is 2. The number of carbonyl (C=O) groups is 1. The fraction of sp³-hybridized carbons (Fsp3) is 0.385. The molecule has 1 saturated carbocycles. The van der Waals surface area contributed by atoms with Crippen LogP contribution in [-0.2, 0) is 6.18 Å². The third-order valence-electron chi connectivity index (χ3n) is 3.24.